The number of aliphatic hydroxyl groups is 2. The van der Waals surface area contributed by atoms with Crippen LogP contribution in [0.5, 0.6) is 0 Å². The van der Waals surface area contributed by atoms with Crippen molar-refractivity contribution < 1.29 is 57.9 Å². The van der Waals surface area contributed by atoms with E-state index in [1.807, 2.05) is 6.92 Å². The largest absolute Gasteiger partial charge is 0.467 e. The van der Waals surface area contributed by atoms with E-state index in [0.29, 0.717) is 24.1 Å². The molecule has 13 heteroatoms. The lowest BCUT2D eigenvalue weighted by atomic mass is 9.56. The lowest BCUT2D eigenvalue weighted by Gasteiger charge is -2.53. The van der Waals surface area contributed by atoms with Crippen LogP contribution in [0, 0.1) is 35.0 Å². The minimum absolute atomic E-state index is 0.0562. The van der Waals surface area contributed by atoms with Crippen molar-refractivity contribution in [1.82, 2.24) is 5.32 Å². The third kappa shape index (κ3) is 4.68. The summed E-state index contributed by atoms with van der Waals surface area (Å²) >= 11 is 0. The molecule has 3 N–H and O–H groups in total. The van der Waals surface area contributed by atoms with Crippen molar-refractivity contribution in [2.24, 2.45) is 35.0 Å². The van der Waals surface area contributed by atoms with E-state index in [-0.39, 0.29) is 25.2 Å². The Hall–Kier alpha value is -3.13. The molecule has 4 saturated heterocycles. The second-order valence-corrected chi connectivity index (χ2v) is 13.9. The topological polar surface area (TPSA) is 184 Å². The SMILES string of the molecule is COC(=O)[C@@]12OC[C@H]3C4[C@@H](C[C@H]5C(C)=C(OC(=O)[C@H]6CCCN6)C(=O)C[C@]5(C)C3[C@@H](O)[C@@H]1O)OC(=O)[C@H](OC(=O)C=C(C)C)[C@H]42. The Morgan fingerprint density at radius 3 is 2.51 bits per heavy atom. The number of carbonyl (C=O) groups excluding carboxylic acids is 5. The smallest absolute Gasteiger partial charge is 0.348 e. The molecule has 13 nitrogen and oxygen atoms in total. The van der Waals surface area contributed by atoms with E-state index in [0.717, 1.165) is 13.5 Å². The number of esters is 4. The molecule has 2 saturated carbocycles. The highest BCUT2D eigenvalue weighted by Crippen LogP contribution is 2.65. The number of hydrogen-bond donors (Lipinski definition) is 3. The van der Waals surface area contributed by atoms with Gasteiger partial charge in [-0.15, -0.1) is 0 Å². The van der Waals surface area contributed by atoms with Crippen molar-refractivity contribution in [3.8, 4) is 0 Å². The maximum Gasteiger partial charge on any atom is 0.348 e. The van der Waals surface area contributed by atoms with Gasteiger partial charge >= 0.3 is 23.9 Å². The van der Waals surface area contributed by atoms with Crippen LogP contribution >= 0.6 is 0 Å². The molecule has 4 aliphatic heterocycles. The number of aliphatic hydroxyl groups excluding tert-OH is 2. The van der Waals surface area contributed by atoms with Crippen LogP contribution in [0.1, 0.15) is 53.4 Å². The molecule has 2 unspecified atom stereocenters. The first-order valence-corrected chi connectivity index (χ1v) is 15.6. The Kier molecular flexibility index (Phi) is 7.98. The van der Waals surface area contributed by atoms with Crippen LogP contribution in [0.25, 0.3) is 0 Å². The van der Waals surface area contributed by atoms with Crippen LogP contribution < -0.4 is 5.32 Å². The molecule has 0 amide bonds. The van der Waals surface area contributed by atoms with Crippen molar-refractivity contribution in [3.63, 3.8) is 0 Å². The highest BCUT2D eigenvalue weighted by Gasteiger charge is 2.76. The normalized spacial score (nSPS) is 43.4. The summed E-state index contributed by atoms with van der Waals surface area (Å²) in [7, 11) is 1.10. The third-order valence-corrected chi connectivity index (χ3v) is 11.2. The molecule has 0 aromatic rings. The molecule has 6 fully saturated rings. The van der Waals surface area contributed by atoms with Gasteiger partial charge in [0, 0.05) is 18.4 Å². The van der Waals surface area contributed by atoms with Crippen molar-refractivity contribution in [2.75, 3.05) is 20.3 Å². The summed E-state index contributed by atoms with van der Waals surface area (Å²) in [5, 5.41) is 27.0. The van der Waals surface area contributed by atoms with Gasteiger partial charge in [0.2, 0.25) is 11.7 Å². The molecule has 246 valence electrons. The van der Waals surface area contributed by atoms with Crippen molar-refractivity contribution in [3.05, 3.63) is 23.0 Å². The van der Waals surface area contributed by atoms with E-state index in [4.69, 9.17) is 23.7 Å². The summed E-state index contributed by atoms with van der Waals surface area (Å²) in [6.45, 7) is 7.44. The fraction of sp³-hybridized carbons (Fsp3) is 0.719. The van der Waals surface area contributed by atoms with Crippen LogP contribution in [-0.2, 0) is 47.7 Å². The predicted molar refractivity (Wildman–Crippen MR) is 152 cm³/mol. The molecular weight excluding hydrogens is 590 g/mol. The summed E-state index contributed by atoms with van der Waals surface area (Å²) in [5.41, 5.74) is -2.20. The Labute approximate surface area is 260 Å². The molecule has 12 atom stereocenters. The fourth-order valence-electron chi connectivity index (χ4n) is 9.42. The van der Waals surface area contributed by atoms with Gasteiger partial charge in [0.05, 0.1) is 25.7 Å². The first-order valence-electron chi connectivity index (χ1n) is 15.6. The second kappa shape index (κ2) is 11.3. The number of ether oxygens (including phenoxy) is 5. The maximum atomic E-state index is 13.8. The number of fused-ring (bicyclic) bond motifs is 3. The molecule has 0 aromatic heterocycles. The number of carbonyl (C=O) groups is 5. The highest BCUT2D eigenvalue weighted by molar-refractivity contribution is 5.98. The molecule has 45 heavy (non-hydrogen) atoms. The van der Waals surface area contributed by atoms with Crippen molar-refractivity contribution >= 4 is 29.7 Å². The van der Waals surface area contributed by atoms with Gasteiger partial charge in [-0.05, 0) is 75.3 Å². The van der Waals surface area contributed by atoms with E-state index in [2.05, 4.69) is 5.32 Å². The number of Topliss-reactive ketones (excluding diaryl/α,β-unsaturated/α-hetero) is 1. The molecule has 4 bridgehead atoms. The first kappa shape index (κ1) is 31.8. The van der Waals surface area contributed by atoms with E-state index in [9.17, 15) is 34.2 Å². The zero-order chi connectivity index (χ0) is 32.6. The summed E-state index contributed by atoms with van der Waals surface area (Å²) in [6.07, 6.45) is -3.40. The van der Waals surface area contributed by atoms with Crippen LogP contribution in [0.3, 0.4) is 0 Å². The summed E-state index contributed by atoms with van der Waals surface area (Å²) in [5.74, 6) is -7.79. The Bertz CT molecular complexity index is 1380. The number of allylic oxidation sites excluding steroid dienone is 3. The zero-order valence-corrected chi connectivity index (χ0v) is 26.1. The lowest BCUT2D eigenvalue weighted by molar-refractivity contribution is -0.266. The van der Waals surface area contributed by atoms with Crippen LogP contribution in [0.2, 0.25) is 0 Å². The van der Waals surface area contributed by atoms with Gasteiger partial charge in [-0.25, -0.2) is 19.2 Å². The standard InChI is InChI=1S/C32H41NO12/c1-13(2)9-20(35)44-26-23-21-15-12-42-32(23,30(40)41-5)27(37)24(36)22(15)31(4)11-18(34)25(45-28(38)17-7-6-8-33-17)14(3)16(31)10-19(21)43-29(26)39/h9,15-17,19,21-24,26-27,33,36-37H,6-8,10-12H2,1-5H3/t15-,16-,17+,19+,21?,22?,23-,24+,26+,27-,31-,32-/m0/s1. The van der Waals surface area contributed by atoms with Gasteiger partial charge in [0.25, 0.3) is 0 Å². The quantitative estimate of drug-likeness (QED) is 0.217. The summed E-state index contributed by atoms with van der Waals surface area (Å²) < 4.78 is 28.7. The first-order chi connectivity index (χ1) is 21.3. The van der Waals surface area contributed by atoms with Crippen molar-refractivity contribution in [1.29, 1.82) is 0 Å². The van der Waals surface area contributed by atoms with Crippen LogP contribution in [0.15, 0.2) is 23.0 Å². The van der Waals surface area contributed by atoms with E-state index >= 15 is 0 Å². The monoisotopic (exact) mass is 631 g/mol. The Morgan fingerprint density at radius 2 is 1.87 bits per heavy atom. The molecule has 7 aliphatic rings. The van der Waals surface area contributed by atoms with Gasteiger partial charge in [-0.2, -0.15) is 0 Å². The summed E-state index contributed by atoms with van der Waals surface area (Å²) in [4.78, 5) is 66.9. The molecule has 3 aliphatic carbocycles. The van der Waals surface area contributed by atoms with Gasteiger partial charge in [0.1, 0.15) is 18.2 Å². The molecule has 7 rings (SSSR count). The number of methoxy groups -OCH3 is 1. The predicted octanol–water partition coefficient (Wildman–Crippen LogP) is 0.500. The average Bonchev–Trinajstić information content (AvgIpc) is 3.44. The molecule has 0 aromatic carbocycles. The van der Waals surface area contributed by atoms with E-state index < -0.39 is 101 Å². The minimum atomic E-state index is -2.26. The molecule has 0 spiro atoms. The number of hydrogen-bond acceptors (Lipinski definition) is 13. The van der Waals surface area contributed by atoms with Gasteiger partial charge in [-0.3, -0.25) is 4.79 Å². The van der Waals surface area contributed by atoms with Crippen molar-refractivity contribution in [2.45, 2.75) is 89.4 Å². The van der Waals surface area contributed by atoms with Crippen LogP contribution in [-0.4, -0.2) is 96.2 Å². The van der Waals surface area contributed by atoms with Gasteiger partial charge in [0.15, 0.2) is 11.5 Å². The summed E-state index contributed by atoms with van der Waals surface area (Å²) in [6, 6.07) is -0.520. The second-order valence-electron chi connectivity index (χ2n) is 13.9. The maximum absolute atomic E-state index is 13.8. The zero-order valence-electron chi connectivity index (χ0n) is 26.1. The average molecular weight is 632 g/mol. The molecule has 0 radical (unpaired) electrons. The Morgan fingerprint density at radius 1 is 1.13 bits per heavy atom. The number of ketones is 1. The van der Waals surface area contributed by atoms with Gasteiger partial charge in [-0.1, -0.05) is 12.5 Å². The lowest BCUT2D eigenvalue weighted by Crippen LogP contribution is -2.71. The molecule has 4 heterocycles. The molecular formula is C32H41NO12. The number of nitrogens with one attached hydrogen (secondary N) is 1. The van der Waals surface area contributed by atoms with Crippen LogP contribution in [0.4, 0.5) is 0 Å². The minimum Gasteiger partial charge on any atom is -0.467 e. The Balaban J connectivity index is 1.48. The van der Waals surface area contributed by atoms with Gasteiger partial charge < -0.3 is 39.2 Å². The highest BCUT2D eigenvalue weighted by atomic mass is 16.6. The number of rotatable bonds is 5. The fourth-order valence-corrected chi connectivity index (χ4v) is 9.42. The third-order valence-electron chi connectivity index (χ3n) is 11.2. The van der Waals surface area contributed by atoms with E-state index in [1.54, 1.807) is 20.8 Å². The van der Waals surface area contributed by atoms with E-state index in [1.165, 1.54) is 6.08 Å².